The van der Waals surface area contributed by atoms with Crippen molar-refractivity contribution < 1.29 is 0 Å². The number of aromatic nitrogens is 3. The third-order valence-electron chi connectivity index (χ3n) is 1.49. The summed E-state index contributed by atoms with van der Waals surface area (Å²) >= 11 is 0. The summed E-state index contributed by atoms with van der Waals surface area (Å²) in [7, 11) is 0. The second-order valence-corrected chi connectivity index (χ2v) is 2.45. The molecule has 0 radical (unpaired) electrons. The maximum absolute atomic E-state index is 5.31. The fraction of sp³-hybridized carbons (Fsp3) is 0.500. The Morgan fingerprint density at radius 2 is 2.67 bits per heavy atom. The average molecular weight is 164 g/mol. The van der Waals surface area contributed by atoms with E-state index in [1.54, 1.807) is 6.20 Å². The predicted octanol–water partition coefficient (Wildman–Crippen LogP) is 0.479. The monoisotopic (exact) mass is 164 g/mol. The van der Waals surface area contributed by atoms with E-state index in [1.165, 1.54) is 0 Å². The van der Waals surface area contributed by atoms with E-state index in [2.05, 4.69) is 33.6 Å². The van der Waals surface area contributed by atoms with Crippen LogP contribution in [0.2, 0.25) is 0 Å². The summed E-state index contributed by atoms with van der Waals surface area (Å²) in [6, 6.07) is -0.122. The molecule has 0 bridgehead atoms. The molecule has 2 N–H and O–H groups in total. The topological polar surface area (TPSA) is 53.6 Å². The Hall–Kier alpha value is -1.34. The van der Waals surface area contributed by atoms with Crippen LogP contribution in [-0.4, -0.2) is 22.0 Å². The predicted molar refractivity (Wildman–Crippen MR) is 46.3 cm³/mol. The van der Waals surface area contributed by atoms with Crippen molar-refractivity contribution in [2.75, 3.05) is 6.54 Å². The van der Waals surface area contributed by atoms with E-state index in [0.717, 1.165) is 18.7 Å². The molecule has 0 aliphatic rings. The van der Waals surface area contributed by atoms with E-state index < -0.39 is 0 Å². The molecule has 0 saturated heterocycles. The Kier molecular flexibility index (Phi) is 3.30. The summed E-state index contributed by atoms with van der Waals surface area (Å²) in [4.78, 5) is 0. The van der Waals surface area contributed by atoms with E-state index in [-0.39, 0.29) is 6.04 Å². The van der Waals surface area contributed by atoms with Crippen LogP contribution in [0.15, 0.2) is 6.20 Å². The number of hydrogen-bond acceptors (Lipinski definition) is 3. The first-order valence-corrected chi connectivity index (χ1v) is 3.93. The van der Waals surface area contributed by atoms with Crippen molar-refractivity contribution in [2.45, 2.75) is 19.4 Å². The zero-order chi connectivity index (χ0) is 8.81. The quantitative estimate of drug-likeness (QED) is 0.636. The number of nitrogens with zero attached hydrogens (tertiary/aromatic N) is 2. The van der Waals surface area contributed by atoms with Gasteiger partial charge >= 0.3 is 0 Å². The van der Waals surface area contributed by atoms with Crippen LogP contribution in [0.3, 0.4) is 0 Å². The highest BCUT2D eigenvalue weighted by Gasteiger charge is 2.08. The zero-order valence-corrected chi connectivity index (χ0v) is 7.04. The Bertz CT molecular complexity index is 247. The summed E-state index contributed by atoms with van der Waals surface area (Å²) in [6.07, 6.45) is 7.99. The summed E-state index contributed by atoms with van der Waals surface area (Å²) in [6.45, 7) is 2.98. The Morgan fingerprint density at radius 3 is 3.17 bits per heavy atom. The fourth-order valence-corrected chi connectivity index (χ4v) is 0.887. The number of aromatic amines is 1. The molecule has 1 heterocycles. The molecule has 1 atom stereocenters. The Labute approximate surface area is 71.8 Å². The van der Waals surface area contributed by atoms with Crippen molar-refractivity contribution in [1.29, 1.82) is 0 Å². The van der Waals surface area contributed by atoms with Crippen LogP contribution >= 0.6 is 0 Å². The lowest BCUT2D eigenvalue weighted by Gasteiger charge is -2.07. The molecule has 1 rings (SSSR count). The molecule has 1 aromatic heterocycles. The van der Waals surface area contributed by atoms with Crippen LogP contribution in [0.5, 0.6) is 0 Å². The summed E-state index contributed by atoms with van der Waals surface area (Å²) in [5.74, 6) is 2.61. The molecule has 0 amide bonds. The maximum atomic E-state index is 5.31. The van der Waals surface area contributed by atoms with E-state index in [9.17, 15) is 0 Å². The van der Waals surface area contributed by atoms with Gasteiger partial charge in [0.05, 0.1) is 6.20 Å². The first-order valence-electron chi connectivity index (χ1n) is 3.93. The molecule has 1 unspecified atom stereocenters. The zero-order valence-electron chi connectivity index (χ0n) is 7.04. The van der Waals surface area contributed by atoms with Crippen LogP contribution in [0, 0.1) is 12.3 Å². The fourth-order valence-electron chi connectivity index (χ4n) is 0.887. The van der Waals surface area contributed by atoms with Gasteiger partial charge in [-0.15, -0.1) is 6.42 Å². The molecular weight excluding hydrogens is 152 g/mol. The van der Waals surface area contributed by atoms with Crippen molar-refractivity contribution in [3.05, 3.63) is 11.9 Å². The van der Waals surface area contributed by atoms with E-state index in [0.29, 0.717) is 0 Å². The first-order chi connectivity index (χ1) is 5.88. The van der Waals surface area contributed by atoms with Gasteiger partial charge in [-0.2, -0.15) is 15.4 Å². The minimum Gasteiger partial charge on any atom is -0.299 e. The number of terminal acetylenes is 1. The SMILES string of the molecule is C#CC(NCCC)c1cn[nH]n1. The van der Waals surface area contributed by atoms with Gasteiger partial charge in [-0.05, 0) is 13.0 Å². The van der Waals surface area contributed by atoms with Crippen molar-refractivity contribution in [3.63, 3.8) is 0 Å². The highest BCUT2D eigenvalue weighted by atomic mass is 15.3. The van der Waals surface area contributed by atoms with Crippen LogP contribution in [-0.2, 0) is 0 Å². The smallest absolute Gasteiger partial charge is 0.115 e. The average Bonchev–Trinajstić information content (AvgIpc) is 2.59. The Balaban J connectivity index is 2.53. The maximum Gasteiger partial charge on any atom is 0.115 e. The van der Waals surface area contributed by atoms with Gasteiger partial charge in [-0.25, -0.2) is 0 Å². The molecule has 4 nitrogen and oxygen atoms in total. The van der Waals surface area contributed by atoms with Crippen molar-refractivity contribution in [1.82, 2.24) is 20.7 Å². The molecule has 0 aliphatic heterocycles. The molecule has 1 aromatic rings. The molecule has 64 valence electrons. The highest BCUT2D eigenvalue weighted by molar-refractivity contribution is 5.13. The van der Waals surface area contributed by atoms with Gasteiger partial charge in [0.15, 0.2) is 0 Å². The van der Waals surface area contributed by atoms with E-state index in [4.69, 9.17) is 6.42 Å². The van der Waals surface area contributed by atoms with Gasteiger partial charge < -0.3 is 0 Å². The van der Waals surface area contributed by atoms with Crippen molar-refractivity contribution in [2.24, 2.45) is 0 Å². The normalized spacial score (nSPS) is 12.3. The minimum absolute atomic E-state index is 0.122. The molecule has 0 saturated carbocycles. The number of H-pyrrole nitrogens is 1. The second-order valence-electron chi connectivity index (χ2n) is 2.45. The number of rotatable bonds is 4. The summed E-state index contributed by atoms with van der Waals surface area (Å²) in [5.41, 5.74) is 0.769. The van der Waals surface area contributed by atoms with Crippen LogP contribution in [0.25, 0.3) is 0 Å². The summed E-state index contributed by atoms with van der Waals surface area (Å²) in [5, 5.41) is 13.3. The lowest BCUT2D eigenvalue weighted by Crippen LogP contribution is -2.20. The van der Waals surface area contributed by atoms with Gasteiger partial charge in [0.1, 0.15) is 11.7 Å². The molecule has 0 fully saturated rings. The molecule has 4 heteroatoms. The number of nitrogens with one attached hydrogen (secondary N) is 2. The van der Waals surface area contributed by atoms with Gasteiger partial charge in [-0.3, -0.25) is 5.32 Å². The molecule has 12 heavy (non-hydrogen) atoms. The van der Waals surface area contributed by atoms with E-state index in [1.807, 2.05) is 0 Å². The number of hydrogen-bond donors (Lipinski definition) is 2. The molecular formula is C8H12N4. The molecule has 0 spiro atoms. The molecule has 0 aromatic carbocycles. The largest absolute Gasteiger partial charge is 0.299 e. The van der Waals surface area contributed by atoms with E-state index >= 15 is 0 Å². The summed E-state index contributed by atoms with van der Waals surface area (Å²) < 4.78 is 0. The van der Waals surface area contributed by atoms with Crippen LogP contribution in [0.4, 0.5) is 0 Å². The Morgan fingerprint density at radius 1 is 1.83 bits per heavy atom. The van der Waals surface area contributed by atoms with Crippen molar-refractivity contribution >= 4 is 0 Å². The minimum atomic E-state index is -0.122. The first kappa shape index (κ1) is 8.75. The van der Waals surface area contributed by atoms with Gasteiger partial charge in [0.25, 0.3) is 0 Å². The van der Waals surface area contributed by atoms with Gasteiger partial charge in [0.2, 0.25) is 0 Å². The van der Waals surface area contributed by atoms with Crippen LogP contribution < -0.4 is 5.32 Å². The van der Waals surface area contributed by atoms with Crippen molar-refractivity contribution in [3.8, 4) is 12.3 Å². The third-order valence-corrected chi connectivity index (χ3v) is 1.49. The lowest BCUT2D eigenvalue weighted by molar-refractivity contribution is 0.613. The standard InChI is InChI=1S/C8H12N4/c1-3-5-9-7(4-2)8-6-10-12-11-8/h2,6-7,9H,3,5H2,1H3,(H,10,11,12). The molecule has 0 aliphatic carbocycles. The highest BCUT2D eigenvalue weighted by Crippen LogP contribution is 2.05. The second kappa shape index (κ2) is 4.52. The lowest BCUT2D eigenvalue weighted by atomic mass is 10.2. The van der Waals surface area contributed by atoms with Gasteiger partial charge in [0, 0.05) is 0 Å². The third kappa shape index (κ3) is 2.07. The van der Waals surface area contributed by atoms with Crippen LogP contribution in [0.1, 0.15) is 25.1 Å². The van der Waals surface area contributed by atoms with Gasteiger partial charge in [-0.1, -0.05) is 12.8 Å².